The Morgan fingerprint density at radius 1 is 1.46 bits per heavy atom. The monoisotopic (exact) mass is 308 g/mol. The molecule has 0 heterocycles. The van der Waals surface area contributed by atoms with Crippen LogP contribution < -0.4 is 11.1 Å². The summed E-state index contributed by atoms with van der Waals surface area (Å²) >= 11 is 8.16. The van der Waals surface area contributed by atoms with Crippen LogP contribution in [0.3, 0.4) is 0 Å². The molecule has 0 radical (unpaired) electrons. The Bertz CT molecular complexity index is 337. The van der Waals surface area contributed by atoms with Gasteiger partial charge in [-0.1, -0.05) is 11.6 Å². The van der Waals surface area contributed by atoms with Gasteiger partial charge in [0.25, 0.3) is 0 Å². The molecule has 1 aromatic carbocycles. The molecular formula is C9H10ClIN2. The minimum absolute atomic E-state index is 0.610. The SMILES string of the molecule is Nc1cc(I)c(Cl)cc1NC1CC1. The van der Waals surface area contributed by atoms with Crippen LogP contribution in [0.25, 0.3) is 0 Å². The average Bonchev–Trinajstić information content (AvgIpc) is 2.84. The number of hydrogen-bond acceptors (Lipinski definition) is 2. The quantitative estimate of drug-likeness (QED) is 0.651. The minimum Gasteiger partial charge on any atom is -0.397 e. The molecule has 1 aliphatic rings. The molecule has 0 spiro atoms. The molecule has 1 aliphatic carbocycles. The van der Waals surface area contributed by atoms with E-state index in [4.69, 9.17) is 17.3 Å². The molecule has 13 heavy (non-hydrogen) atoms. The van der Waals surface area contributed by atoms with E-state index < -0.39 is 0 Å². The highest BCUT2D eigenvalue weighted by atomic mass is 127. The summed E-state index contributed by atoms with van der Waals surface area (Å²) in [7, 11) is 0. The van der Waals surface area contributed by atoms with Crippen LogP contribution in [0.1, 0.15) is 12.8 Å². The van der Waals surface area contributed by atoms with E-state index in [1.54, 1.807) is 0 Å². The van der Waals surface area contributed by atoms with E-state index in [1.165, 1.54) is 12.8 Å². The first-order valence-electron chi connectivity index (χ1n) is 4.18. The van der Waals surface area contributed by atoms with Gasteiger partial charge in [-0.2, -0.15) is 0 Å². The van der Waals surface area contributed by atoms with E-state index in [0.717, 1.165) is 20.0 Å². The summed E-state index contributed by atoms with van der Waals surface area (Å²) in [5.74, 6) is 0. The molecule has 2 nitrogen and oxygen atoms in total. The van der Waals surface area contributed by atoms with E-state index in [-0.39, 0.29) is 0 Å². The molecule has 0 unspecified atom stereocenters. The summed E-state index contributed by atoms with van der Waals surface area (Å²) < 4.78 is 0.998. The van der Waals surface area contributed by atoms with Gasteiger partial charge in [-0.25, -0.2) is 0 Å². The van der Waals surface area contributed by atoms with Crippen LogP contribution >= 0.6 is 34.2 Å². The predicted octanol–water partition coefficient (Wildman–Crippen LogP) is 3.10. The average molecular weight is 309 g/mol. The molecule has 2 rings (SSSR count). The minimum atomic E-state index is 0.610. The second-order valence-corrected chi connectivity index (χ2v) is 4.84. The number of hydrogen-bond donors (Lipinski definition) is 2. The highest BCUT2D eigenvalue weighted by molar-refractivity contribution is 14.1. The van der Waals surface area contributed by atoms with Crippen molar-refractivity contribution in [2.45, 2.75) is 18.9 Å². The second kappa shape index (κ2) is 3.53. The summed E-state index contributed by atoms with van der Waals surface area (Å²) in [5, 5.41) is 4.10. The van der Waals surface area contributed by atoms with Crippen molar-refractivity contribution in [2.24, 2.45) is 0 Å². The number of nitrogens with two attached hydrogens (primary N) is 1. The van der Waals surface area contributed by atoms with Crippen molar-refractivity contribution in [3.05, 3.63) is 20.7 Å². The third-order valence-corrected chi connectivity index (χ3v) is 3.55. The largest absolute Gasteiger partial charge is 0.397 e. The van der Waals surface area contributed by atoms with Gasteiger partial charge in [0, 0.05) is 9.61 Å². The Balaban J connectivity index is 2.27. The van der Waals surface area contributed by atoms with E-state index >= 15 is 0 Å². The summed E-state index contributed by atoms with van der Waals surface area (Å²) in [6.45, 7) is 0. The van der Waals surface area contributed by atoms with Gasteiger partial charge in [-0.05, 0) is 47.6 Å². The number of anilines is 2. The molecule has 0 saturated heterocycles. The Kier molecular flexibility index (Phi) is 2.55. The van der Waals surface area contributed by atoms with E-state index in [2.05, 4.69) is 27.9 Å². The maximum atomic E-state index is 5.99. The molecule has 3 N–H and O–H groups in total. The Hall–Kier alpha value is -0.160. The van der Waals surface area contributed by atoms with Crippen molar-refractivity contribution in [1.82, 2.24) is 0 Å². The molecule has 0 bridgehead atoms. The Morgan fingerprint density at radius 3 is 2.77 bits per heavy atom. The summed E-state index contributed by atoms with van der Waals surface area (Å²) in [6, 6.07) is 4.41. The highest BCUT2D eigenvalue weighted by Gasteiger charge is 2.21. The van der Waals surface area contributed by atoms with E-state index in [1.807, 2.05) is 12.1 Å². The second-order valence-electron chi connectivity index (χ2n) is 3.27. The molecule has 70 valence electrons. The maximum absolute atomic E-state index is 5.99. The molecule has 0 aliphatic heterocycles. The first-order chi connectivity index (χ1) is 6.16. The van der Waals surface area contributed by atoms with E-state index in [0.29, 0.717) is 6.04 Å². The lowest BCUT2D eigenvalue weighted by molar-refractivity contribution is 1.16. The number of nitrogens with one attached hydrogen (secondary N) is 1. The topological polar surface area (TPSA) is 38.0 Å². The smallest absolute Gasteiger partial charge is 0.0591 e. The fraction of sp³-hybridized carbons (Fsp3) is 0.333. The van der Waals surface area contributed by atoms with Gasteiger partial charge in [0.05, 0.1) is 16.4 Å². The van der Waals surface area contributed by atoms with Crippen molar-refractivity contribution >= 4 is 45.6 Å². The third kappa shape index (κ3) is 2.20. The fourth-order valence-corrected chi connectivity index (χ4v) is 1.79. The lowest BCUT2D eigenvalue weighted by Crippen LogP contribution is -2.04. The van der Waals surface area contributed by atoms with Gasteiger partial charge in [-0.3, -0.25) is 0 Å². The highest BCUT2D eigenvalue weighted by Crippen LogP contribution is 2.32. The summed E-state index contributed by atoms with van der Waals surface area (Å²) in [5.41, 5.74) is 7.58. The third-order valence-electron chi connectivity index (χ3n) is 2.03. The molecular weight excluding hydrogens is 298 g/mol. The molecule has 0 amide bonds. The number of nitrogen functional groups attached to an aromatic ring is 1. The van der Waals surface area contributed by atoms with Crippen LogP contribution in [0.15, 0.2) is 12.1 Å². The number of halogens is 2. The van der Waals surface area contributed by atoms with Crippen LogP contribution in [0.4, 0.5) is 11.4 Å². The standard InChI is InChI=1S/C9H10ClIN2/c10-6-3-9(13-5-1-2-5)8(12)4-7(6)11/h3-5,13H,1-2,12H2. The fourth-order valence-electron chi connectivity index (χ4n) is 1.13. The van der Waals surface area contributed by atoms with Crippen LogP contribution in [-0.2, 0) is 0 Å². The maximum Gasteiger partial charge on any atom is 0.0591 e. The van der Waals surface area contributed by atoms with Crippen molar-refractivity contribution in [1.29, 1.82) is 0 Å². The predicted molar refractivity (Wildman–Crippen MR) is 65.2 cm³/mol. The lowest BCUT2D eigenvalue weighted by atomic mass is 10.2. The zero-order chi connectivity index (χ0) is 9.42. The van der Waals surface area contributed by atoms with Crippen LogP contribution in [0.5, 0.6) is 0 Å². The zero-order valence-corrected chi connectivity index (χ0v) is 9.89. The molecule has 0 aromatic heterocycles. The molecule has 4 heteroatoms. The van der Waals surface area contributed by atoms with E-state index in [9.17, 15) is 0 Å². The van der Waals surface area contributed by atoms with Crippen molar-refractivity contribution < 1.29 is 0 Å². The first-order valence-corrected chi connectivity index (χ1v) is 5.63. The number of rotatable bonds is 2. The molecule has 1 fully saturated rings. The van der Waals surface area contributed by atoms with Gasteiger partial charge in [0.15, 0.2) is 0 Å². The number of benzene rings is 1. The summed E-state index contributed by atoms with van der Waals surface area (Å²) in [4.78, 5) is 0. The Morgan fingerprint density at radius 2 is 2.15 bits per heavy atom. The first kappa shape index (κ1) is 9.40. The van der Waals surface area contributed by atoms with Crippen molar-refractivity contribution in [3.8, 4) is 0 Å². The van der Waals surface area contributed by atoms with Gasteiger partial charge < -0.3 is 11.1 Å². The van der Waals surface area contributed by atoms with Gasteiger partial charge in [0.1, 0.15) is 0 Å². The van der Waals surface area contributed by atoms with Crippen molar-refractivity contribution in [2.75, 3.05) is 11.1 Å². The van der Waals surface area contributed by atoms with Crippen molar-refractivity contribution in [3.63, 3.8) is 0 Å². The molecule has 1 saturated carbocycles. The molecule has 0 atom stereocenters. The molecule has 1 aromatic rings. The summed E-state index contributed by atoms with van der Waals surface area (Å²) in [6.07, 6.45) is 2.48. The van der Waals surface area contributed by atoms with Gasteiger partial charge in [-0.15, -0.1) is 0 Å². The van der Waals surface area contributed by atoms with Gasteiger partial charge in [0.2, 0.25) is 0 Å². The van der Waals surface area contributed by atoms with Crippen LogP contribution in [0.2, 0.25) is 5.02 Å². The van der Waals surface area contributed by atoms with Crippen LogP contribution in [0, 0.1) is 3.57 Å². The van der Waals surface area contributed by atoms with Crippen LogP contribution in [-0.4, -0.2) is 6.04 Å². The zero-order valence-electron chi connectivity index (χ0n) is 6.98. The lowest BCUT2D eigenvalue weighted by Gasteiger charge is -2.09. The Labute approximate surface area is 96.0 Å². The normalized spacial score (nSPS) is 15.8. The van der Waals surface area contributed by atoms with Gasteiger partial charge >= 0.3 is 0 Å².